The van der Waals surface area contributed by atoms with E-state index >= 15 is 0 Å². The van der Waals surface area contributed by atoms with Crippen LogP contribution in [0.1, 0.15) is 25.7 Å². The number of fused-ring (bicyclic) bond motifs is 1. The van der Waals surface area contributed by atoms with Crippen molar-refractivity contribution in [3.05, 3.63) is 82.9 Å². The summed E-state index contributed by atoms with van der Waals surface area (Å²) in [6.45, 7) is 3.08. The summed E-state index contributed by atoms with van der Waals surface area (Å²) >= 11 is 1.27. The van der Waals surface area contributed by atoms with E-state index in [0.29, 0.717) is 28.8 Å². The largest absolute Gasteiger partial charge is 0.378 e. The van der Waals surface area contributed by atoms with Gasteiger partial charge in [-0.2, -0.15) is 0 Å². The number of primary amides is 1. The van der Waals surface area contributed by atoms with Gasteiger partial charge in [0.25, 0.3) is 5.91 Å². The second-order valence-electron chi connectivity index (χ2n) is 8.09. The molecule has 2 heterocycles. The number of amides is 1. The van der Waals surface area contributed by atoms with E-state index in [1.807, 2.05) is 66.7 Å². The van der Waals surface area contributed by atoms with Crippen molar-refractivity contribution < 1.29 is 14.3 Å². The van der Waals surface area contributed by atoms with Crippen molar-refractivity contribution in [1.29, 1.82) is 0 Å². The molecule has 1 aliphatic rings. The van der Waals surface area contributed by atoms with Crippen molar-refractivity contribution in [1.82, 2.24) is 4.98 Å². The van der Waals surface area contributed by atoms with Crippen molar-refractivity contribution >= 4 is 50.3 Å². The Balaban J connectivity index is 1.32. The summed E-state index contributed by atoms with van der Waals surface area (Å²) in [5.41, 5.74) is 8.20. The summed E-state index contributed by atoms with van der Waals surface area (Å²) in [4.78, 5) is 32.1. The van der Waals surface area contributed by atoms with Gasteiger partial charge in [0, 0.05) is 41.3 Å². The maximum absolute atomic E-state index is 13.0. The number of Topliss-reactive ketones (excluding diaryl/α,β-unsaturated/α-hetero) is 1. The Hall–Kier alpha value is -3.75. The Morgan fingerprint density at radius 1 is 1.00 bits per heavy atom. The molecule has 0 unspecified atom stereocenters. The highest BCUT2D eigenvalue weighted by Gasteiger charge is 2.20. The van der Waals surface area contributed by atoms with Crippen LogP contribution in [0.3, 0.4) is 0 Å². The van der Waals surface area contributed by atoms with E-state index in [4.69, 9.17) is 10.5 Å². The molecule has 1 aromatic heterocycles. The van der Waals surface area contributed by atoms with E-state index < -0.39 is 5.91 Å². The van der Waals surface area contributed by atoms with Crippen LogP contribution in [-0.4, -0.2) is 43.0 Å². The van der Waals surface area contributed by atoms with Gasteiger partial charge in [0.2, 0.25) is 0 Å². The molecule has 1 saturated heterocycles. The van der Waals surface area contributed by atoms with Crippen molar-refractivity contribution in [3.63, 3.8) is 0 Å². The van der Waals surface area contributed by atoms with Gasteiger partial charge in [-0.25, -0.2) is 4.98 Å². The van der Waals surface area contributed by atoms with Gasteiger partial charge in [-0.15, -0.1) is 11.3 Å². The fourth-order valence-corrected chi connectivity index (χ4v) is 5.02. The molecular weight excluding hydrogens is 448 g/mol. The molecule has 0 saturated carbocycles. The second kappa shape index (κ2) is 9.62. The highest BCUT2D eigenvalue weighted by molar-refractivity contribution is 7.16. The third-order valence-corrected chi connectivity index (χ3v) is 6.79. The van der Waals surface area contributed by atoms with Crippen molar-refractivity contribution in [2.45, 2.75) is 6.42 Å². The minimum Gasteiger partial charge on any atom is -0.378 e. The molecule has 0 bridgehead atoms. The molecule has 1 fully saturated rings. The number of nitrogens with one attached hydrogen (secondary N) is 1. The van der Waals surface area contributed by atoms with Crippen LogP contribution >= 0.6 is 11.3 Å². The van der Waals surface area contributed by atoms with Gasteiger partial charge in [-0.3, -0.25) is 9.59 Å². The first-order valence-electron chi connectivity index (χ1n) is 11.1. The minimum absolute atomic E-state index is 0.0617. The summed E-state index contributed by atoms with van der Waals surface area (Å²) in [6, 6.07) is 21.6. The van der Waals surface area contributed by atoms with E-state index in [9.17, 15) is 9.59 Å². The van der Waals surface area contributed by atoms with Crippen LogP contribution in [0.2, 0.25) is 0 Å². The standard InChI is InChI=1S/C26H24N4O3S/c27-25(32)24-23(16-22(31)18-6-9-21(10-7-18)30-11-13-33-14-12-30)34-26(29-24)28-20-8-5-17-3-1-2-4-19(17)15-20/h1-10,15H,11-14,16H2,(H2,27,32)(H,28,29). The van der Waals surface area contributed by atoms with E-state index in [2.05, 4.69) is 15.2 Å². The average molecular weight is 473 g/mol. The number of thiazole rings is 1. The Labute approximate surface area is 201 Å². The number of hydrogen-bond acceptors (Lipinski definition) is 7. The highest BCUT2D eigenvalue weighted by atomic mass is 32.1. The van der Waals surface area contributed by atoms with Crippen LogP contribution in [-0.2, 0) is 11.2 Å². The lowest BCUT2D eigenvalue weighted by Crippen LogP contribution is -2.36. The van der Waals surface area contributed by atoms with E-state index in [1.165, 1.54) is 11.3 Å². The van der Waals surface area contributed by atoms with Crippen LogP contribution in [0.4, 0.5) is 16.5 Å². The summed E-state index contributed by atoms with van der Waals surface area (Å²) in [6.07, 6.45) is 0.0617. The monoisotopic (exact) mass is 472 g/mol. The fourth-order valence-electron chi connectivity index (χ4n) is 4.04. The van der Waals surface area contributed by atoms with Crippen LogP contribution in [0.25, 0.3) is 10.8 Å². The van der Waals surface area contributed by atoms with Crippen molar-refractivity contribution in [2.24, 2.45) is 5.73 Å². The molecule has 0 spiro atoms. The van der Waals surface area contributed by atoms with Gasteiger partial charge in [-0.05, 0) is 47.2 Å². The predicted molar refractivity (Wildman–Crippen MR) is 135 cm³/mol. The third-order valence-electron chi connectivity index (χ3n) is 5.82. The van der Waals surface area contributed by atoms with Gasteiger partial charge in [0.15, 0.2) is 10.9 Å². The zero-order valence-electron chi connectivity index (χ0n) is 18.5. The van der Waals surface area contributed by atoms with E-state index in [-0.39, 0.29) is 17.9 Å². The third kappa shape index (κ3) is 4.78. The average Bonchev–Trinajstić information content (AvgIpc) is 3.27. The number of carbonyl (C=O) groups is 2. The molecule has 3 aromatic carbocycles. The molecule has 8 heteroatoms. The van der Waals surface area contributed by atoms with Crippen LogP contribution in [0, 0.1) is 0 Å². The van der Waals surface area contributed by atoms with Crippen LogP contribution in [0.15, 0.2) is 66.7 Å². The molecular formula is C26H24N4O3S. The summed E-state index contributed by atoms with van der Waals surface area (Å²) in [5, 5.41) is 5.99. The number of nitrogens with zero attached hydrogens (tertiary/aromatic N) is 2. The SMILES string of the molecule is NC(=O)c1nc(Nc2ccc3ccccc3c2)sc1CC(=O)c1ccc(N2CCOCC2)cc1. The number of morpholine rings is 1. The van der Waals surface area contributed by atoms with Crippen LogP contribution in [0.5, 0.6) is 0 Å². The van der Waals surface area contributed by atoms with Gasteiger partial charge >= 0.3 is 0 Å². The Morgan fingerprint density at radius 2 is 1.74 bits per heavy atom. The minimum atomic E-state index is -0.645. The Kier molecular flexibility index (Phi) is 6.24. The second-order valence-corrected chi connectivity index (χ2v) is 9.17. The first-order chi connectivity index (χ1) is 16.6. The molecule has 172 valence electrons. The highest BCUT2D eigenvalue weighted by Crippen LogP contribution is 2.29. The fraction of sp³-hybridized carbons (Fsp3) is 0.192. The number of nitrogens with two attached hydrogens (primary N) is 1. The van der Waals surface area contributed by atoms with Gasteiger partial charge in [-0.1, -0.05) is 30.3 Å². The lowest BCUT2D eigenvalue weighted by molar-refractivity contribution is 0.0991. The summed E-state index contributed by atoms with van der Waals surface area (Å²) in [7, 11) is 0. The van der Waals surface area contributed by atoms with Crippen LogP contribution < -0.4 is 16.0 Å². The number of ether oxygens (including phenoxy) is 1. The number of benzene rings is 3. The zero-order chi connectivity index (χ0) is 23.5. The molecule has 0 atom stereocenters. The first-order valence-corrected chi connectivity index (χ1v) is 11.9. The molecule has 34 heavy (non-hydrogen) atoms. The molecule has 0 aliphatic carbocycles. The van der Waals surface area contributed by atoms with E-state index in [1.54, 1.807) is 0 Å². The van der Waals surface area contributed by atoms with Crippen molar-refractivity contribution in [3.8, 4) is 0 Å². The molecule has 0 radical (unpaired) electrons. The smallest absolute Gasteiger partial charge is 0.268 e. The first kappa shape index (κ1) is 22.1. The molecule has 7 nitrogen and oxygen atoms in total. The predicted octanol–water partition coefficient (Wildman–Crippen LogP) is 4.40. The van der Waals surface area contributed by atoms with E-state index in [0.717, 1.165) is 35.2 Å². The number of ketones is 1. The number of aromatic nitrogens is 1. The quantitative estimate of drug-likeness (QED) is 0.387. The van der Waals surface area contributed by atoms with Gasteiger partial charge in [0.05, 0.1) is 13.2 Å². The topological polar surface area (TPSA) is 97.6 Å². The number of carbonyl (C=O) groups excluding carboxylic acids is 2. The van der Waals surface area contributed by atoms with Gasteiger partial charge < -0.3 is 20.7 Å². The normalized spacial score (nSPS) is 13.7. The number of hydrogen-bond donors (Lipinski definition) is 2. The molecule has 1 aliphatic heterocycles. The Bertz CT molecular complexity index is 1340. The number of rotatable bonds is 7. The lowest BCUT2D eigenvalue weighted by Gasteiger charge is -2.28. The molecule has 1 amide bonds. The summed E-state index contributed by atoms with van der Waals surface area (Å²) in [5.74, 6) is -0.731. The molecule has 3 N–H and O–H groups in total. The Morgan fingerprint density at radius 3 is 2.47 bits per heavy atom. The number of anilines is 3. The molecule has 5 rings (SSSR count). The van der Waals surface area contributed by atoms with Crippen molar-refractivity contribution in [2.75, 3.05) is 36.5 Å². The maximum Gasteiger partial charge on any atom is 0.268 e. The zero-order valence-corrected chi connectivity index (χ0v) is 19.3. The lowest BCUT2D eigenvalue weighted by atomic mass is 10.1. The summed E-state index contributed by atoms with van der Waals surface area (Å²) < 4.78 is 5.39. The molecule has 4 aromatic rings. The van der Waals surface area contributed by atoms with Gasteiger partial charge in [0.1, 0.15) is 5.69 Å². The maximum atomic E-state index is 13.0.